The summed E-state index contributed by atoms with van der Waals surface area (Å²) < 4.78 is 10.9. The third kappa shape index (κ3) is 4.03. The molecule has 1 aliphatic heterocycles. The summed E-state index contributed by atoms with van der Waals surface area (Å²) in [5.41, 5.74) is 4.77. The Morgan fingerprint density at radius 1 is 1.19 bits per heavy atom. The smallest absolute Gasteiger partial charge is 0.310 e. The van der Waals surface area contributed by atoms with Gasteiger partial charge < -0.3 is 19.4 Å². The van der Waals surface area contributed by atoms with Crippen LogP contribution >= 0.6 is 0 Å². The standard InChI is InChI=1S/C24H24N2O5/c1-14-8-9-18-17(12-31-24(18)16(14)3)11-23(29)30-13-22(28)26-15(2)10-21(27)25-19-6-4-5-7-20(19)26/h4-9,12,15H,10-11,13H2,1-3H3,(H,25,27)/t15-/m1/s1. The Morgan fingerprint density at radius 2 is 1.97 bits per heavy atom. The molecular formula is C24H24N2O5. The number of benzene rings is 2. The number of furan rings is 1. The summed E-state index contributed by atoms with van der Waals surface area (Å²) in [6.45, 7) is 5.37. The Balaban J connectivity index is 1.46. The van der Waals surface area contributed by atoms with Crippen LogP contribution in [0.5, 0.6) is 0 Å². The molecule has 0 radical (unpaired) electrons. The molecule has 1 aliphatic rings. The van der Waals surface area contributed by atoms with E-state index in [0.717, 1.165) is 27.7 Å². The normalized spacial score (nSPS) is 15.9. The molecule has 1 aromatic heterocycles. The maximum Gasteiger partial charge on any atom is 0.310 e. The van der Waals surface area contributed by atoms with Crippen molar-refractivity contribution in [1.82, 2.24) is 0 Å². The molecule has 3 aromatic rings. The molecule has 160 valence electrons. The number of amides is 2. The van der Waals surface area contributed by atoms with Gasteiger partial charge in [0.25, 0.3) is 5.91 Å². The molecule has 0 unspecified atom stereocenters. The molecule has 1 N–H and O–H groups in total. The van der Waals surface area contributed by atoms with E-state index in [4.69, 9.17) is 9.15 Å². The number of nitrogens with one attached hydrogen (secondary N) is 1. The van der Waals surface area contributed by atoms with Crippen LogP contribution in [0.3, 0.4) is 0 Å². The highest BCUT2D eigenvalue weighted by Gasteiger charge is 2.30. The summed E-state index contributed by atoms with van der Waals surface area (Å²) in [6, 6.07) is 10.6. The second-order valence-corrected chi connectivity index (χ2v) is 7.86. The third-order valence-electron chi connectivity index (χ3n) is 5.66. The average Bonchev–Trinajstić information content (AvgIpc) is 3.07. The fourth-order valence-corrected chi connectivity index (χ4v) is 3.91. The van der Waals surface area contributed by atoms with E-state index in [9.17, 15) is 14.4 Å². The van der Waals surface area contributed by atoms with Gasteiger partial charge in [0.15, 0.2) is 6.61 Å². The number of nitrogens with zero attached hydrogens (tertiary/aromatic N) is 1. The number of rotatable bonds is 4. The number of hydrogen-bond donors (Lipinski definition) is 1. The van der Waals surface area contributed by atoms with Gasteiger partial charge in [0.05, 0.1) is 24.1 Å². The fourth-order valence-electron chi connectivity index (χ4n) is 3.91. The highest BCUT2D eigenvalue weighted by atomic mass is 16.5. The fraction of sp³-hybridized carbons (Fsp3) is 0.292. The van der Waals surface area contributed by atoms with Crippen molar-refractivity contribution in [2.24, 2.45) is 0 Å². The predicted molar refractivity (Wildman–Crippen MR) is 117 cm³/mol. The van der Waals surface area contributed by atoms with Crippen LogP contribution in [0.1, 0.15) is 30.0 Å². The highest BCUT2D eigenvalue weighted by molar-refractivity contribution is 6.05. The lowest BCUT2D eigenvalue weighted by molar-refractivity contribution is -0.147. The van der Waals surface area contributed by atoms with Gasteiger partial charge in [-0.05, 0) is 44.0 Å². The Labute approximate surface area is 180 Å². The van der Waals surface area contributed by atoms with E-state index in [1.54, 1.807) is 37.5 Å². The van der Waals surface area contributed by atoms with E-state index < -0.39 is 12.6 Å². The Kier molecular flexibility index (Phi) is 5.50. The van der Waals surface area contributed by atoms with Crippen molar-refractivity contribution in [3.63, 3.8) is 0 Å². The van der Waals surface area contributed by atoms with Crippen molar-refractivity contribution in [1.29, 1.82) is 0 Å². The Bertz CT molecular complexity index is 1180. The van der Waals surface area contributed by atoms with E-state index in [0.29, 0.717) is 11.4 Å². The van der Waals surface area contributed by atoms with Crippen LogP contribution in [-0.4, -0.2) is 30.4 Å². The molecule has 0 spiro atoms. The average molecular weight is 420 g/mol. The zero-order chi connectivity index (χ0) is 22.1. The first-order valence-corrected chi connectivity index (χ1v) is 10.2. The van der Waals surface area contributed by atoms with Crippen molar-refractivity contribution in [2.45, 2.75) is 39.7 Å². The van der Waals surface area contributed by atoms with Gasteiger partial charge >= 0.3 is 5.97 Å². The summed E-state index contributed by atoms with van der Waals surface area (Å²) in [6.07, 6.45) is 1.73. The van der Waals surface area contributed by atoms with Gasteiger partial charge in [-0.15, -0.1) is 0 Å². The zero-order valence-corrected chi connectivity index (χ0v) is 17.7. The molecule has 0 fully saturated rings. The van der Waals surface area contributed by atoms with Gasteiger partial charge in [-0.25, -0.2) is 0 Å². The first-order valence-electron chi connectivity index (χ1n) is 10.2. The lowest BCUT2D eigenvalue weighted by atomic mass is 10.0. The number of fused-ring (bicyclic) bond motifs is 2. The summed E-state index contributed by atoms with van der Waals surface area (Å²) in [7, 11) is 0. The van der Waals surface area contributed by atoms with Crippen molar-refractivity contribution in [3.8, 4) is 0 Å². The van der Waals surface area contributed by atoms with Gasteiger partial charge in [0, 0.05) is 23.4 Å². The Morgan fingerprint density at radius 3 is 2.77 bits per heavy atom. The maximum atomic E-state index is 12.9. The van der Waals surface area contributed by atoms with E-state index >= 15 is 0 Å². The van der Waals surface area contributed by atoms with Crippen molar-refractivity contribution in [3.05, 3.63) is 59.4 Å². The van der Waals surface area contributed by atoms with Crippen LogP contribution in [0.4, 0.5) is 11.4 Å². The monoisotopic (exact) mass is 420 g/mol. The van der Waals surface area contributed by atoms with Gasteiger partial charge in [-0.2, -0.15) is 0 Å². The van der Waals surface area contributed by atoms with E-state index in [-0.39, 0.29) is 30.7 Å². The Hall–Kier alpha value is -3.61. The SMILES string of the molecule is Cc1ccc2c(CC(=O)OCC(=O)N3c4ccccc4NC(=O)C[C@H]3C)coc2c1C. The number of carbonyl (C=O) groups is 3. The molecule has 2 heterocycles. The van der Waals surface area contributed by atoms with Crippen LogP contribution < -0.4 is 10.2 Å². The molecule has 7 nitrogen and oxygen atoms in total. The summed E-state index contributed by atoms with van der Waals surface area (Å²) in [5.74, 6) is -1.06. The molecular weight excluding hydrogens is 396 g/mol. The quantitative estimate of drug-likeness (QED) is 0.647. The summed E-state index contributed by atoms with van der Waals surface area (Å²) >= 11 is 0. The molecule has 31 heavy (non-hydrogen) atoms. The van der Waals surface area contributed by atoms with Gasteiger partial charge in [0.2, 0.25) is 5.91 Å². The van der Waals surface area contributed by atoms with Crippen LogP contribution in [0.2, 0.25) is 0 Å². The molecule has 0 saturated carbocycles. The lowest BCUT2D eigenvalue weighted by Crippen LogP contribution is -2.41. The van der Waals surface area contributed by atoms with E-state index in [2.05, 4.69) is 5.32 Å². The number of para-hydroxylation sites is 2. The van der Waals surface area contributed by atoms with Crippen LogP contribution in [-0.2, 0) is 25.5 Å². The molecule has 0 saturated heterocycles. The number of ether oxygens (including phenoxy) is 1. The topological polar surface area (TPSA) is 88.9 Å². The number of anilines is 2. The molecule has 0 bridgehead atoms. The van der Waals surface area contributed by atoms with Crippen molar-refractivity contribution < 1.29 is 23.5 Å². The number of esters is 1. The van der Waals surface area contributed by atoms with Gasteiger partial charge in [-0.1, -0.05) is 24.3 Å². The first-order chi connectivity index (χ1) is 14.8. The third-order valence-corrected chi connectivity index (χ3v) is 5.66. The minimum atomic E-state index is -0.515. The number of carbonyl (C=O) groups excluding carboxylic acids is 3. The molecule has 2 aromatic carbocycles. The molecule has 2 amide bonds. The summed E-state index contributed by atoms with van der Waals surface area (Å²) in [5, 5.41) is 3.67. The minimum Gasteiger partial charge on any atom is -0.464 e. The first kappa shape index (κ1) is 20.7. The maximum absolute atomic E-state index is 12.9. The van der Waals surface area contributed by atoms with Crippen LogP contribution in [0, 0.1) is 13.8 Å². The van der Waals surface area contributed by atoms with Gasteiger partial charge in [-0.3, -0.25) is 14.4 Å². The number of aryl methyl sites for hydroxylation is 2. The molecule has 7 heteroatoms. The highest BCUT2D eigenvalue weighted by Crippen LogP contribution is 2.31. The van der Waals surface area contributed by atoms with E-state index in [1.165, 1.54) is 4.90 Å². The molecule has 4 rings (SSSR count). The zero-order valence-electron chi connectivity index (χ0n) is 17.7. The largest absolute Gasteiger partial charge is 0.464 e. The summed E-state index contributed by atoms with van der Waals surface area (Å²) in [4.78, 5) is 39.0. The van der Waals surface area contributed by atoms with Crippen LogP contribution in [0.15, 0.2) is 47.1 Å². The van der Waals surface area contributed by atoms with Gasteiger partial charge in [0.1, 0.15) is 5.58 Å². The predicted octanol–water partition coefficient (Wildman–Crippen LogP) is 3.90. The van der Waals surface area contributed by atoms with Crippen molar-refractivity contribution >= 4 is 40.1 Å². The minimum absolute atomic E-state index is 0.00889. The lowest BCUT2D eigenvalue weighted by Gasteiger charge is -2.27. The molecule has 1 atom stereocenters. The second-order valence-electron chi connectivity index (χ2n) is 7.86. The van der Waals surface area contributed by atoms with Crippen molar-refractivity contribution in [2.75, 3.05) is 16.8 Å². The van der Waals surface area contributed by atoms with Crippen LogP contribution in [0.25, 0.3) is 11.0 Å². The van der Waals surface area contributed by atoms with E-state index in [1.807, 2.05) is 26.0 Å². The number of hydrogen-bond acceptors (Lipinski definition) is 5. The molecule has 0 aliphatic carbocycles. The second kappa shape index (κ2) is 8.26.